The third-order valence-corrected chi connectivity index (χ3v) is 3.79. The van der Waals surface area contributed by atoms with Crippen LogP contribution in [0.1, 0.15) is 12.8 Å². The quantitative estimate of drug-likeness (QED) is 0.908. The van der Waals surface area contributed by atoms with Gasteiger partial charge in [0.05, 0.1) is 11.9 Å². The Labute approximate surface area is 133 Å². The lowest BCUT2D eigenvalue weighted by molar-refractivity contribution is -0.117. The molecule has 2 heterocycles. The summed E-state index contributed by atoms with van der Waals surface area (Å²) < 4.78 is 11.1. The van der Waals surface area contributed by atoms with E-state index in [2.05, 4.69) is 15.6 Å². The van der Waals surface area contributed by atoms with E-state index in [-0.39, 0.29) is 11.8 Å². The number of benzene rings is 1. The first-order valence-corrected chi connectivity index (χ1v) is 7.71. The van der Waals surface area contributed by atoms with E-state index in [4.69, 9.17) is 9.47 Å². The maximum absolute atomic E-state index is 11.7. The number of hydrogen-bond acceptors (Lipinski definition) is 5. The second-order valence-corrected chi connectivity index (χ2v) is 5.68. The fourth-order valence-electron chi connectivity index (χ4n) is 2.40. The molecule has 4 rings (SSSR count). The summed E-state index contributed by atoms with van der Waals surface area (Å²) in [6.45, 7) is 1.14. The zero-order valence-electron chi connectivity index (χ0n) is 12.5. The van der Waals surface area contributed by atoms with Crippen LogP contribution in [0.15, 0.2) is 36.5 Å². The largest absolute Gasteiger partial charge is 0.486 e. The van der Waals surface area contributed by atoms with E-state index in [9.17, 15) is 4.79 Å². The number of hydrogen-bond donors (Lipinski definition) is 2. The van der Waals surface area contributed by atoms with Gasteiger partial charge in [0, 0.05) is 17.7 Å². The highest BCUT2D eigenvalue weighted by Crippen LogP contribution is 2.33. The highest BCUT2D eigenvalue weighted by Gasteiger charge is 2.29. The third-order valence-electron chi connectivity index (χ3n) is 3.79. The molecular formula is C17H17N3O3. The van der Waals surface area contributed by atoms with Crippen molar-refractivity contribution < 1.29 is 14.3 Å². The number of nitrogens with one attached hydrogen (secondary N) is 2. The number of carbonyl (C=O) groups is 1. The van der Waals surface area contributed by atoms with Gasteiger partial charge in [-0.25, -0.2) is 4.98 Å². The molecule has 1 aliphatic carbocycles. The second-order valence-electron chi connectivity index (χ2n) is 5.68. The topological polar surface area (TPSA) is 72.5 Å². The van der Waals surface area contributed by atoms with Gasteiger partial charge in [-0.3, -0.25) is 4.79 Å². The summed E-state index contributed by atoms with van der Waals surface area (Å²) in [5, 5.41) is 6.08. The molecule has 6 nitrogen and oxygen atoms in total. The maximum Gasteiger partial charge on any atom is 0.227 e. The Balaban J connectivity index is 1.43. The molecule has 1 saturated carbocycles. The van der Waals surface area contributed by atoms with Crippen molar-refractivity contribution in [2.24, 2.45) is 5.92 Å². The fourth-order valence-corrected chi connectivity index (χ4v) is 2.40. The van der Waals surface area contributed by atoms with E-state index in [0.717, 1.165) is 35.7 Å². The monoisotopic (exact) mass is 311 g/mol. The van der Waals surface area contributed by atoms with E-state index < -0.39 is 0 Å². The van der Waals surface area contributed by atoms with Crippen molar-refractivity contribution in [3.63, 3.8) is 0 Å². The number of carbonyl (C=O) groups excluding carboxylic acids is 1. The molecular weight excluding hydrogens is 294 g/mol. The van der Waals surface area contributed by atoms with Crippen molar-refractivity contribution in [2.45, 2.75) is 12.8 Å². The predicted octanol–water partition coefficient (Wildman–Crippen LogP) is 2.94. The van der Waals surface area contributed by atoms with E-state index in [1.807, 2.05) is 30.3 Å². The molecule has 118 valence electrons. The summed E-state index contributed by atoms with van der Waals surface area (Å²) in [5.41, 5.74) is 1.59. The smallest absolute Gasteiger partial charge is 0.227 e. The Morgan fingerprint density at radius 1 is 1.04 bits per heavy atom. The number of fused-ring (bicyclic) bond motifs is 1. The van der Waals surface area contributed by atoms with Crippen LogP contribution in [0.25, 0.3) is 0 Å². The van der Waals surface area contributed by atoms with Crippen molar-refractivity contribution >= 4 is 23.1 Å². The Kier molecular flexibility index (Phi) is 3.49. The van der Waals surface area contributed by atoms with Gasteiger partial charge in [0.15, 0.2) is 11.5 Å². The number of nitrogens with zero attached hydrogens (tertiary/aromatic N) is 1. The molecule has 0 spiro atoms. The zero-order valence-corrected chi connectivity index (χ0v) is 12.5. The molecule has 2 N–H and O–H groups in total. The molecule has 0 unspecified atom stereocenters. The van der Waals surface area contributed by atoms with Gasteiger partial charge in [-0.1, -0.05) is 0 Å². The zero-order chi connectivity index (χ0) is 15.6. The average molecular weight is 311 g/mol. The average Bonchev–Trinajstić information content (AvgIpc) is 3.42. The van der Waals surface area contributed by atoms with Crippen LogP contribution in [0.2, 0.25) is 0 Å². The lowest BCUT2D eigenvalue weighted by Crippen LogP contribution is -2.15. The number of rotatable bonds is 4. The highest BCUT2D eigenvalue weighted by molar-refractivity contribution is 5.93. The van der Waals surface area contributed by atoms with Crippen LogP contribution in [0.3, 0.4) is 0 Å². The van der Waals surface area contributed by atoms with Crippen LogP contribution in [-0.4, -0.2) is 24.1 Å². The predicted molar refractivity (Wildman–Crippen MR) is 86.3 cm³/mol. The Morgan fingerprint density at radius 3 is 2.57 bits per heavy atom. The molecule has 0 saturated heterocycles. The van der Waals surface area contributed by atoms with Gasteiger partial charge in [-0.05, 0) is 37.1 Å². The molecule has 1 aromatic heterocycles. The SMILES string of the molecule is O=C(Nc1ccc(Nc2ccc3c(c2)OCCO3)nc1)C1CC1. The Hall–Kier alpha value is -2.76. The molecule has 23 heavy (non-hydrogen) atoms. The molecule has 1 amide bonds. The molecule has 1 aliphatic heterocycles. The van der Waals surface area contributed by atoms with Crippen LogP contribution < -0.4 is 20.1 Å². The van der Waals surface area contributed by atoms with Crippen molar-refractivity contribution in [3.8, 4) is 11.5 Å². The lowest BCUT2D eigenvalue weighted by atomic mass is 10.2. The molecule has 2 aliphatic rings. The molecule has 1 fully saturated rings. The van der Waals surface area contributed by atoms with E-state index in [1.165, 1.54) is 0 Å². The maximum atomic E-state index is 11.7. The minimum atomic E-state index is 0.0827. The Bertz CT molecular complexity index is 726. The number of pyridine rings is 1. The summed E-state index contributed by atoms with van der Waals surface area (Å²) >= 11 is 0. The van der Waals surface area contributed by atoms with Crippen LogP contribution in [0, 0.1) is 5.92 Å². The molecule has 1 aromatic carbocycles. The van der Waals surface area contributed by atoms with Gasteiger partial charge in [0.1, 0.15) is 19.0 Å². The minimum Gasteiger partial charge on any atom is -0.486 e. The number of anilines is 3. The minimum absolute atomic E-state index is 0.0827. The summed E-state index contributed by atoms with van der Waals surface area (Å²) in [6.07, 6.45) is 3.63. The first kappa shape index (κ1) is 13.9. The van der Waals surface area contributed by atoms with Crippen LogP contribution in [-0.2, 0) is 4.79 Å². The number of ether oxygens (including phenoxy) is 2. The summed E-state index contributed by atoms with van der Waals surface area (Å²) in [6, 6.07) is 9.35. The van der Waals surface area contributed by atoms with Crippen LogP contribution in [0.4, 0.5) is 17.2 Å². The van der Waals surface area contributed by atoms with Gasteiger partial charge in [0.2, 0.25) is 5.91 Å². The Morgan fingerprint density at radius 2 is 1.83 bits per heavy atom. The van der Waals surface area contributed by atoms with Crippen molar-refractivity contribution in [1.29, 1.82) is 0 Å². The first-order chi connectivity index (χ1) is 11.3. The van der Waals surface area contributed by atoms with Gasteiger partial charge in [-0.2, -0.15) is 0 Å². The second kappa shape index (κ2) is 5.79. The molecule has 2 aromatic rings. The van der Waals surface area contributed by atoms with Gasteiger partial charge in [0.25, 0.3) is 0 Å². The standard InChI is InChI=1S/C17H17N3O3/c21-17(11-1-2-11)20-13-4-6-16(18-10-13)19-12-3-5-14-15(9-12)23-8-7-22-14/h3-6,9-11H,1-2,7-8H2,(H,18,19)(H,20,21). The van der Waals surface area contributed by atoms with Crippen molar-refractivity contribution in [1.82, 2.24) is 4.98 Å². The lowest BCUT2D eigenvalue weighted by Gasteiger charge is -2.19. The normalized spacial score (nSPS) is 15.8. The summed E-state index contributed by atoms with van der Waals surface area (Å²) in [4.78, 5) is 16.0. The van der Waals surface area contributed by atoms with Gasteiger partial charge >= 0.3 is 0 Å². The number of amides is 1. The van der Waals surface area contributed by atoms with Crippen LogP contribution >= 0.6 is 0 Å². The highest BCUT2D eigenvalue weighted by atomic mass is 16.6. The van der Waals surface area contributed by atoms with Gasteiger partial charge < -0.3 is 20.1 Å². The molecule has 0 atom stereocenters. The van der Waals surface area contributed by atoms with E-state index >= 15 is 0 Å². The molecule has 0 radical (unpaired) electrons. The van der Waals surface area contributed by atoms with Crippen molar-refractivity contribution in [2.75, 3.05) is 23.8 Å². The first-order valence-electron chi connectivity index (χ1n) is 7.71. The third kappa shape index (κ3) is 3.21. The van der Waals surface area contributed by atoms with Crippen molar-refractivity contribution in [3.05, 3.63) is 36.5 Å². The van der Waals surface area contributed by atoms with Gasteiger partial charge in [-0.15, -0.1) is 0 Å². The molecule has 6 heteroatoms. The summed E-state index contributed by atoms with van der Waals surface area (Å²) in [5.74, 6) is 2.46. The van der Waals surface area contributed by atoms with Crippen LogP contribution in [0.5, 0.6) is 11.5 Å². The number of aromatic nitrogens is 1. The molecule has 0 bridgehead atoms. The fraction of sp³-hybridized carbons (Fsp3) is 0.294. The van der Waals surface area contributed by atoms with E-state index in [0.29, 0.717) is 19.0 Å². The summed E-state index contributed by atoms with van der Waals surface area (Å²) in [7, 11) is 0. The van der Waals surface area contributed by atoms with E-state index in [1.54, 1.807) is 6.20 Å².